The average Bonchev–Trinajstić information content (AvgIpc) is 2.68. The lowest BCUT2D eigenvalue weighted by Crippen LogP contribution is -2.19. The molecule has 1 aliphatic heterocycles. The number of hydrogen-bond acceptors (Lipinski definition) is 6. The number of anilines is 1. The predicted octanol–water partition coefficient (Wildman–Crippen LogP) is 3.23. The molecule has 1 amide bonds. The van der Waals surface area contributed by atoms with Crippen molar-refractivity contribution in [1.82, 2.24) is 0 Å². The molecule has 9 heteroatoms. The Labute approximate surface area is 168 Å². The van der Waals surface area contributed by atoms with E-state index < -0.39 is 15.7 Å². The Morgan fingerprint density at radius 2 is 1.89 bits per heavy atom. The van der Waals surface area contributed by atoms with Crippen LogP contribution in [0.1, 0.15) is 12.0 Å². The van der Waals surface area contributed by atoms with Gasteiger partial charge in [0.05, 0.1) is 23.4 Å². The zero-order valence-electron chi connectivity index (χ0n) is 15.5. The summed E-state index contributed by atoms with van der Waals surface area (Å²) in [6.45, 7) is 2.58. The Morgan fingerprint density at radius 1 is 1.18 bits per heavy atom. The number of amides is 1. The van der Waals surface area contributed by atoms with Crippen LogP contribution in [-0.2, 0) is 14.6 Å². The van der Waals surface area contributed by atoms with Crippen LogP contribution in [0.3, 0.4) is 0 Å². The van der Waals surface area contributed by atoms with Crippen molar-refractivity contribution in [3.05, 3.63) is 40.9 Å². The second-order valence-electron chi connectivity index (χ2n) is 6.22. The van der Waals surface area contributed by atoms with E-state index in [0.29, 0.717) is 41.2 Å². The molecule has 2 aromatic rings. The Balaban J connectivity index is 1.68. The molecule has 0 bridgehead atoms. The van der Waals surface area contributed by atoms with E-state index in [0.717, 1.165) is 5.56 Å². The van der Waals surface area contributed by atoms with E-state index in [9.17, 15) is 13.2 Å². The van der Waals surface area contributed by atoms with Crippen LogP contribution in [0.2, 0.25) is 5.02 Å². The highest BCUT2D eigenvalue weighted by molar-refractivity contribution is 7.91. The Hall–Kier alpha value is -2.45. The van der Waals surface area contributed by atoms with E-state index in [2.05, 4.69) is 5.32 Å². The summed E-state index contributed by atoms with van der Waals surface area (Å²) in [4.78, 5) is 12.4. The first kappa shape index (κ1) is 20.3. The number of nitrogens with one attached hydrogen (secondary N) is 1. The van der Waals surface area contributed by atoms with E-state index in [1.807, 2.05) is 0 Å². The maximum absolute atomic E-state index is 12.6. The molecule has 1 heterocycles. The van der Waals surface area contributed by atoms with Crippen molar-refractivity contribution >= 4 is 33.0 Å². The van der Waals surface area contributed by atoms with E-state index in [1.54, 1.807) is 25.1 Å². The second-order valence-corrected chi connectivity index (χ2v) is 8.74. The first-order valence-corrected chi connectivity index (χ1v) is 10.6. The van der Waals surface area contributed by atoms with Crippen molar-refractivity contribution in [2.45, 2.75) is 18.2 Å². The van der Waals surface area contributed by atoms with Gasteiger partial charge in [-0.05, 0) is 30.7 Å². The number of sulfone groups is 1. The maximum atomic E-state index is 12.6. The van der Waals surface area contributed by atoms with E-state index >= 15 is 0 Å². The number of benzene rings is 2. The minimum atomic E-state index is -3.66. The SMILES string of the molecule is COc1cc(Cl)c(C)cc1NC(=O)CCS(=O)(=O)c1ccc2c(c1)OCCO2. The molecule has 0 saturated heterocycles. The predicted molar refractivity (Wildman–Crippen MR) is 105 cm³/mol. The molecule has 0 atom stereocenters. The van der Waals surface area contributed by atoms with Crippen LogP contribution in [0, 0.1) is 6.92 Å². The van der Waals surface area contributed by atoms with Crippen LogP contribution in [0.4, 0.5) is 5.69 Å². The summed E-state index contributed by atoms with van der Waals surface area (Å²) in [5.41, 5.74) is 1.20. The minimum Gasteiger partial charge on any atom is -0.495 e. The average molecular weight is 426 g/mol. The molecule has 3 rings (SSSR count). The van der Waals surface area contributed by atoms with Crippen LogP contribution in [0.25, 0.3) is 0 Å². The number of hydrogen-bond donors (Lipinski definition) is 1. The van der Waals surface area contributed by atoms with Gasteiger partial charge in [-0.3, -0.25) is 4.79 Å². The normalized spacial score (nSPS) is 13.1. The lowest BCUT2D eigenvalue weighted by atomic mass is 10.2. The van der Waals surface area contributed by atoms with Gasteiger partial charge in [0.2, 0.25) is 5.91 Å². The summed E-state index contributed by atoms with van der Waals surface area (Å²) in [6.07, 6.45) is -0.207. The summed E-state index contributed by atoms with van der Waals surface area (Å²) in [5, 5.41) is 3.18. The van der Waals surface area contributed by atoms with E-state index in [4.69, 9.17) is 25.8 Å². The minimum absolute atomic E-state index is 0.0875. The topological polar surface area (TPSA) is 90.9 Å². The molecule has 2 aromatic carbocycles. The van der Waals surface area contributed by atoms with Crippen molar-refractivity contribution < 1.29 is 27.4 Å². The molecular formula is C19H20ClNO6S. The summed E-state index contributed by atoms with van der Waals surface area (Å²) in [5.74, 6) is 0.513. The fourth-order valence-electron chi connectivity index (χ4n) is 2.70. The molecule has 0 fully saturated rings. The number of ether oxygens (including phenoxy) is 3. The van der Waals surface area contributed by atoms with Crippen molar-refractivity contribution in [3.8, 4) is 17.2 Å². The van der Waals surface area contributed by atoms with Crippen molar-refractivity contribution in [1.29, 1.82) is 0 Å². The molecule has 0 aromatic heterocycles. The smallest absolute Gasteiger partial charge is 0.225 e. The molecular weight excluding hydrogens is 406 g/mol. The number of rotatable bonds is 6. The van der Waals surface area contributed by atoms with Gasteiger partial charge in [0.25, 0.3) is 0 Å². The molecule has 7 nitrogen and oxygen atoms in total. The largest absolute Gasteiger partial charge is 0.495 e. The summed E-state index contributed by atoms with van der Waals surface area (Å²) < 4.78 is 41.2. The van der Waals surface area contributed by atoms with Crippen LogP contribution in [0.5, 0.6) is 17.2 Å². The lowest BCUT2D eigenvalue weighted by Gasteiger charge is -2.18. The van der Waals surface area contributed by atoms with E-state index in [-0.39, 0.29) is 17.1 Å². The van der Waals surface area contributed by atoms with Crippen molar-refractivity contribution in [3.63, 3.8) is 0 Å². The molecule has 0 radical (unpaired) electrons. The fraction of sp³-hybridized carbons (Fsp3) is 0.316. The Morgan fingerprint density at radius 3 is 2.61 bits per heavy atom. The Kier molecular flexibility index (Phi) is 6.00. The number of halogens is 1. The fourth-order valence-corrected chi connectivity index (χ4v) is 4.11. The lowest BCUT2D eigenvalue weighted by molar-refractivity contribution is -0.115. The molecule has 150 valence electrons. The monoisotopic (exact) mass is 425 g/mol. The third kappa shape index (κ3) is 4.51. The van der Waals surface area contributed by atoms with Crippen molar-refractivity contribution in [2.24, 2.45) is 0 Å². The number of methoxy groups -OCH3 is 1. The van der Waals surface area contributed by atoms with Gasteiger partial charge in [-0.15, -0.1) is 0 Å². The molecule has 28 heavy (non-hydrogen) atoms. The highest BCUT2D eigenvalue weighted by Gasteiger charge is 2.21. The molecule has 1 aliphatic rings. The zero-order chi connectivity index (χ0) is 20.3. The van der Waals surface area contributed by atoms with Crippen LogP contribution in [-0.4, -0.2) is 40.4 Å². The zero-order valence-corrected chi connectivity index (χ0v) is 17.0. The van der Waals surface area contributed by atoms with Crippen molar-refractivity contribution in [2.75, 3.05) is 31.4 Å². The van der Waals surface area contributed by atoms with E-state index in [1.165, 1.54) is 19.2 Å². The van der Waals surface area contributed by atoms with Gasteiger partial charge in [0.1, 0.15) is 19.0 Å². The van der Waals surface area contributed by atoms with Crippen LogP contribution in [0.15, 0.2) is 35.2 Å². The molecule has 1 N–H and O–H groups in total. The van der Waals surface area contributed by atoms with Gasteiger partial charge < -0.3 is 19.5 Å². The second kappa shape index (κ2) is 8.28. The van der Waals surface area contributed by atoms with Gasteiger partial charge in [-0.1, -0.05) is 11.6 Å². The highest BCUT2D eigenvalue weighted by Crippen LogP contribution is 2.33. The maximum Gasteiger partial charge on any atom is 0.225 e. The van der Waals surface area contributed by atoms with Gasteiger partial charge in [0, 0.05) is 23.6 Å². The van der Waals surface area contributed by atoms with Gasteiger partial charge in [-0.25, -0.2) is 8.42 Å². The standard InChI is InChI=1S/C19H20ClNO6S/c1-12-9-15(17(25-2)11-14(12)20)21-19(22)5-8-28(23,24)13-3-4-16-18(10-13)27-7-6-26-16/h3-4,9-11H,5-8H2,1-2H3,(H,21,22). The molecule has 0 spiro atoms. The molecule has 0 saturated carbocycles. The third-order valence-corrected chi connectivity index (χ3v) is 6.35. The van der Waals surface area contributed by atoms with Gasteiger partial charge in [0.15, 0.2) is 21.3 Å². The summed E-state index contributed by atoms with van der Waals surface area (Å²) in [6, 6.07) is 7.70. The Bertz CT molecular complexity index is 1010. The number of carbonyl (C=O) groups is 1. The number of aryl methyl sites for hydroxylation is 1. The summed E-state index contributed by atoms with van der Waals surface area (Å²) in [7, 11) is -2.20. The number of carbonyl (C=O) groups excluding carboxylic acids is 1. The first-order valence-electron chi connectivity index (χ1n) is 8.56. The van der Waals surface area contributed by atoms with Gasteiger partial charge in [-0.2, -0.15) is 0 Å². The highest BCUT2D eigenvalue weighted by atomic mass is 35.5. The summed E-state index contributed by atoms with van der Waals surface area (Å²) >= 11 is 6.05. The molecule has 0 aliphatic carbocycles. The quantitative estimate of drug-likeness (QED) is 0.764. The number of fused-ring (bicyclic) bond motifs is 1. The van der Waals surface area contributed by atoms with Crippen LogP contribution < -0.4 is 19.5 Å². The van der Waals surface area contributed by atoms with Gasteiger partial charge >= 0.3 is 0 Å². The first-order chi connectivity index (χ1) is 13.3. The molecule has 0 unspecified atom stereocenters. The third-order valence-electron chi connectivity index (χ3n) is 4.23. The van der Waals surface area contributed by atoms with Crippen LogP contribution >= 0.6 is 11.6 Å².